The molecule has 0 aromatic carbocycles. The Hall–Kier alpha value is -2.57. The molecule has 3 heterocycles. The molecule has 3 rings (SSSR count). The van der Waals surface area contributed by atoms with Gasteiger partial charge in [-0.05, 0) is 12.8 Å². The maximum absolute atomic E-state index is 12.0. The molecule has 1 N–H and O–H groups in total. The summed E-state index contributed by atoms with van der Waals surface area (Å²) in [4.78, 5) is 31.1. The van der Waals surface area contributed by atoms with Crippen LogP contribution in [-0.2, 0) is 4.79 Å². The van der Waals surface area contributed by atoms with Gasteiger partial charge in [-0.3, -0.25) is 14.8 Å². The molecule has 1 aliphatic heterocycles. The van der Waals surface area contributed by atoms with Gasteiger partial charge in [-0.25, -0.2) is 9.97 Å². The number of nitrogens with zero attached hydrogens (tertiary/aromatic N) is 5. The first kappa shape index (κ1) is 15.3. The van der Waals surface area contributed by atoms with Crippen molar-refractivity contribution in [3.8, 4) is 0 Å². The number of nitrogens with one attached hydrogen (secondary N) is 1. The van der Waals surface area contributed by atoms with Crippen molar-refractivity contribution in [3.63, 3.8) is 0 Å². The lowest BCUT2D eigenvalue weighted by molar-refractivity contribution is -0.132. The number of likely N-dealkylation sites (tertiary alicyclic amines) is 1. The third-order valence-electron chi connectivity index (χ3n) is 4.00. The minimum atomic E-state index is 0.187. The predicted molar refractivity (Wildman–Crippen MR) is 86.2 cm³/mol. The molecule has 1 amide bonds. The van der Waals surface area contributed by atoms with E-state index in [1.807, 2.05) is 11.8 Å². The Morgan fingerprint density at radius 1 is 1.26 bits per heavy atom. The molecule has 0 aliphatic carbocycles. The van der Waals surface area contributed by atoms with Crippen molar-refractivity contribution in [1.82, 2.24) is 24.8 Å². The summed E-state index contributed by atoms with van der Waals surface area (Å²) in [6, 6.07) is 0. The summed E-state index contributed by atoms with van der Waals surface area (Å²) >= 11 is 0. The normalized spacial score (nSPS) is 17.8. The van der Waals surface area contributed by atoms with Gasteiger partial charge < -0.3 is 10.2 Å². The first-order valence-electron chi connectivity index (χ1n) is 7.89. The van der Waals surface area contributed by atoms with Crippen molar-refractivity contribution in [1.29, 1.82) is 0 Å². The number of hydrogen-bond acceptors (Lipinski definition) is 6. The van der Waals surface area contributed by atoms with Crippen molar-refractivity contribution >= 4 is 17.5 Å². The summed E-state index contributed by atoms with van der Waals surface area (Å²) in [6.45, 7) is 3.42. The van der Waals surface area contributed by atoms with Crippen LogP contribution in [0, 0.1) is 0 Å². The third-order valence-corrected chi connectivity index (χ3v) is 4.00. The van der Waals surface area contributed by atoms with Gasteiger partial charge in [0, 0.05) is 50.2 Å². The van der Waals surface area contributed by atoms with Gasteiger partial charge in [-0.15, -0.1) is 0 Å². The Balaban J connectivity index is 1.81. The molecule has 7 heteroatoms. The van der Waals surface area contributed by atoms with Crippen LogP contribution >= 0.6 is 0 Å². The second-order valence-corrected chi connectivity index (χ2v) is 5.54. The number of amides is 1. The van der Waals surface area contributed by atoms with E-state index in [1.165, 1.54) is 0 Å². The number of hydrogen-bond donors (Lipinski definition) is 1. The number of carbonyl (C=O) groups excluding carboxylic acids is 1. The van der Waals surface area contributed by atoms with E-state index in [0.29, 0.717) is 24.6 Å². The molecule has 1 unspecified atom stereocenters. The van der Waals surface area contributed by atoms with Gasteiger partial charge in [0.1, 0.15) is 5.82 Å². The average molecular weight is 312 g/mol. The van der Waals surface area contributed by atoms with Crippen LogP contribution in [0.25, 0.3) is 0 Å². The molecule has 120 valence electrons. The quantitative estimate of drug-likeness (QED) is 0.931. The lowest BCUT2D eigenvalue weighted by atomic mass is 9.94. The van der Waals surface area contributed by atoms with E-state index in [1.54, 1.807) is 31.0 Å². The summed E-state index contributed by atoms with van der Waals surface area (Å²) in [5.41, 5.74) is 0.881. The SMILES string of the molecule is CCC(=O)N1CCCC(c2nccnc2Nc2cnccn2)C1. The molecule has 1 fully saturated rings. The first-order valence-corrected chi connectivity index (χ1v) is 7.89. The zero-order chi connectivity index (χ0) is 16.1. The van der Waals surface area contributed by atoms with E-state index in [0.717, 1.165) is 25.1 Å². The third kappa shape index (κ3) is 3.61. The van der Waals surface area contributed by atoms with Crippen molar-refractivity contribution < 1.29 is 4.79 Å². The van der Waals surface area contributed by atoms with Crippen LogP contribution in [0.1, 0.15) is 37.8 Å². The zero-order valence-corrected chi connectivity index (χ0v) is 13.1. The molecule has 2 aromatic rings. The van der Waals surface area contributed by atoms with Crippen LogP contribution in [-0.4, -0.2) is 43.8 Å². The van der Waals surface area contributed by atoms with Gasteiger partial charge in [0.2, 0.25) is 5.91 Å². The summed E-state index contributed by atoms with van der Waals surface area (Å²) < 4.78 is 0. The number of aromatic nitrogens is 4. The standard InChI is InChI=1S/C16H20N6O/c1-2-14(23)22-9-3-4-12(11-22)15-16(20-8-7-19-15)21-13-10-17-5-6-18-13/h5-8,10,12H,2-4,9,11H2,1H3,(H,18,20,21). The predicted octanol–water partition coefficient (Wildman–Crippen LogP) is 2.13. The fourth-order valence-electron chi connectivity index (χ4n) is 2.88. The molecule has 1 aliphatic rings. The maximum atomic E-state index is 12.0. The van der Waals surface area contributed by atoms with Crippen LogP contribution in [0.4, 0.5) is 11.6 Å². The minimum Gasteiger partial charge on any atom is -0.342 e. The molecule has 23 heavy (non-hydrogen) atoms. The van der Waals surface area contributed by atoms with Crippen LogP contribution in [0.3, 0.4) is 0 Å². The van der Waals surface area contributed by atoms with Crippen LogP contribution in [0.2, 0.25) is 0 Å². The second-order valence-electron chi connectivity index (χ2n) is 5.54. The Bertz CT molecular complexity index is 663. The lowest BCUT2D eigenvalue weighted by Gasteiger charge is -2.32. The maximum Gasteiger partial charge on any atom is 0.222 e. The molecule has 1 atom stereocenters. The summed E-state index contributed by atoms with van der Waals surface area (Å²) in [5, 5.41) is 3.18. The average Bonchev–Trinajstić information content (AvgIpc) is 2.62. The van der Waals surface area contributed by atoms with Gasteiger partial charge in [0.15, 0.2) is 5.82 Å². The molecule has 2 aromatic heterocycles. The number of carbonyl (C=O) groups is 1. The van der Waals surface area contributed by atoms with Gasteiger partial charge in [-0.1, -0.05) is 6.92 Å². The van der Waals surface area contributed by atoms with Gasteiger partial charge in [-0.2, -0.15) is 0 Å². The van der Waals surface area contributed by atoms with Crippen molar-refractivity contribution in [2.75, 3.05) is 18.4 Å². The van der Waals surface area contributed by atoms with E-state index in [-0.39, 0.29) is 11.8 Å². The Morgan fingerprint density at radius 3 is 2.87 bits per heavy atom. The highest BCUT2D eigenvalue weighted by Gasteiger charge is 2.27. The smallest absolute Gasteiger partial charge is 0.222 e. The van der Waals surface area contributed by atoms with Crippen LogP contribution < -0.4 is 5.32 Å². The Labute approximate surface area is 135 Å². The number of anilines is 2. The van der Waals surface area contributed by atoms with Crippen LogP contribution in [0.5, 0.6) is 0 Å². The summed E-state index contributed by atoms with van der Waals surface area (Å²) in [7, 11) is 0. The monoisotopic (exact) mass is 312 g/mol. The van der Waals surface area contributed by atoms with Gasteiger partial charge >= 0.3 is 0 Å². The van der Waals surface area contributed by atoms with E-state index < -0.39 is 0 Å². The molecule has 1 saturated heterocycles. The molecule has 0 spiro atoms. The zero-order valence-electron chi connectivity index (χ0n) is 13.1. The lowest BCUT2D eigenvalue weighted by Crippen LogP contribution is -2.39. The van der Waals surface area contributed by atoms with Gasteiger partial charge in [0.05, 0.1) is 11.9 Å². The Morgan fingerprint density at radius 2 is 2.09 bits per heavy atom. The molecular weight excluding hydrogens is 292 g/mol. The van der Waals surface area contributed by atoms with Crippen LogP contribution in [0.15, 0.2) is 31.0 Å². The highest BCUT2D eigenvalue weighted by molar-refractivity contribution is 5.76. The summed E-state index contributed by atoms with van der Waals surface area (Å²) in [6.07, 6.45) is 10.8. The van der Waals surface area contributed by atoms with Crippen molar-refractivity contribution in [2.24, 2.45) is 0 Å². The molecule has 7 nitrogen and oxygen atoms in total. The topological polar surface area (TPSA) is 83.9 Å². The fourth-order valence-corrected chi connectivity index (χ4v) is 2.88. The van der Waals surface area contributed by atoms with Crippen molar-refractivity contribution in [2.45, 2.75) is 32.1 Å². The Kier molecular flexibility index (Phi) is 4.75. The minimum absolute atomic E-state index is 0.187. The van der Waals surface area contributed by atoms with E-state index in [2.05, 4.69) is 25.3 Å². The largest absolute Gasteiger partial charge is 0.342 e. The second kappa shape index (κ2) is 7.13. The molecule has 0 radical (unpaired) electrons. The fraction of sp³-hybridized carbons (Fsp3) is 0.438. The number of piperidine rings is 1. The van der Waals surface area contributed by atoms with E-state index in [9.17, 15) is 4.79 Å². The first-order chi connectivity index (χ1) is 11.3. The van der Waals surface area contributed by atoms with E-state index in [4.69, 9.17) is 0 Å². The number of rotatable bonds is 4. The van der Waals surface area contributed by atoms with Crippen molar-refractivity contribution in [3.05, 3.63) is 36.7 Å². The highest BCUT2D eigenvalue weighted by Crippen LogP contribution is 2.30. The molecule has 0 saturated carbocycles. The van der Waals surface area contributed by atoms with Gasteiger partial charge in [0.25, 0.3) is 0 Å². The molecule has 0 bridgehead atoms. The summed E-state index contributed by atoms with van der Waals surface area (Å²) in [5.74, 6) is 1.70. The van der Waals surface area contributed by atoms with E-state index >= 15 is 0 Å². The molecular formula is C16H20N6O. The highest BCUT2D eigenvalue weighted by atomic mass is 16.2.